The molecule has 236 valence electrons. The van der Waals surface area contributed by atoms with Gasteiger partial charge in [0.1, 0.15) is 48.1 Å². The minimum Gasteiger partial charge on any atom is -0.385 e. The smallest absolute Gasteiger partial charge is 0.385 e. The average Bonchev–Trinajstić information content (AvgIpc) is 3.73. The van der Waals surface area contributed by atoms with Gasteiger partial charge in [-0.3, -0.25) is 18.2 Å². The molecule has 0 saturated carbocycles. The fourth-order valence-corrected chi connectivity index (χ4v) is 6.01. The Morgan fingerprint density at radius 2 is 1.39 bits per heavy atom. The van der Waals surface area contributed by atoms with Gasteiger partial charge in [0, 0.05) is 0 Å². The van der Waals surface area contributed by atoms with Crippen molar-refractivity contribution >= 4 is 49.6 Å². The molecule has 44 heavy (non-hydrogen) atoms. The molecular weight excluding hydrogens is 634 g/mol. The van der Waals surface area contributed by atoms with E-state index in [1.165, 1.54) is 28.1 Å². The predicted octanol–water partition coefficient (Wildman–Crippen LogP) is -2.12. The second-order valence-electron chi connectivity index (χ2n) is 9.58. The molecule has 2 aliphatic heterocycles. The van der Waals surface area contributed by atoms with Gasteiger partial charge in [0.25, 0.3) is 6.35 Å². The maximum atomic E-state index is 13.2. The Bertz CT molecular complexity index is 1740. The number of aromatic nitrogens is 8. The molecule has 0 spiro atoms. The highest BCUT2D eigenvalue weighted by atomic mass is 31.2. The van der Waals surface area contributed by atoms with Gasteiger partial charge in [-0.2, -0.15) is 4.89 Å². The summed E-state index contributed by atoms with van der Waals surface area (Å²) >= 11 is 0. The topological polar surface area (TPSA) is 321 Å². The van der Waals surface area contributed by atoms with Crippen molar-refractivity contribution in [2.24, 2.45) is 0 Å². The third-order valence-electron chi connectivity index (χ3n) is 6.72. The van der Waals surface area contributed by atoms with Gasteiger partial charge in [0.15, 0.2) is 54.3 Å². The lowest BCUT2D eigenvalue weighted by Crippen LogP contribution is -2.35. The molecule has 24 heteroatoms. The van der Waals surface area contributed by atoms with Crippen molar-refractivity contribution in [1.82, 2.24) is 39.0 Å². The molecule has 4 aromatic rings. The van der Waals surface area contributed by atoms with Crippen LogP contribution in [-0.2, 0) is 32.6 Å². The van der Waals surface area contributed by atoms with E-state index in [1.807, 2.05) is 0 Å². The lowest BCUT2D eigenvalue weighted by atomic mass is 10.2. The summed E-state index contributed by atoms with van der Waals surface area (Å²) in [6.45, 7) is 0. The van der Waals surface area contributed by atoms with Crippen molar-refractivity contribution in [3.05, 3.63) is 25.3 Å². The van der Waals surface area contributed by atoms with E-state index in [0.29, 0.717) is 0 Å². The molecule has 6 heterocycles. The third kappa shape index (κ3) is 5.62. The first kappa shape index (κ1) is 30.6. The molecule has 0 radical (unpaired) electrons. The zero-order chi connectivity index (χ0) is 31.3. The van der Waals surface area contributed by atoms with Crippen LogP contribution in [0, 0.1) is 0 Å². The lowest BCUT2D eigenvalue weighted by Gasteiger charge is -2.25. The number of rotatable bonds is 10. The molecular formula is C20H25N10O12P2+. The van der Waals surface area contributed by atoms with Crippen molar-refractivity contribution in [2.45, 2.75) is 49.5 Å². The van der Waals surface area contributed by atoms with Crippen molar-refractivity contribution in [2.75, 3.05) is 24.2 Å². The van der Waals surface area contributed by atoms with E-state index in [0.717, 1.165) is 6.33 Å². The fourth-order valence-electron chi connectivity index (χ4n) is 4.73. The van der Waals surface area contributed by atoms with Gasteiger partial charge in [0.05, 0.1) is 12.7 Å². The van der Waals surface area contributed by atoms with Crippen LogP contribution in [0.4, 0.5) is 11.6 Å². The first-order valence-electron chi connectivity index (χ1n) is 12.5. The number of fused-ring (bicyclic) bond motifs is 2. The number of hydrogen-bond acceptors (Lipinski definition) is 18. The number of imidazole rings is 2. The van der Waals surface area contributed by atoms with Crippen molar-refractivity contribution < 1.29 is 57.7 Å². The number of ether oxygens (including phenoxy) is 4. The minimum atomic E-state index is -4.82. The van der Waals surface area contributed by atoms with Gasteiger partial charge >= 0.3 is 15.6 Å². The average molecular weight is 659 g/mol. The summed E-state index contributed by atoms with van der Waals surface area (Å²) in [7, 11) is -7.60. The summed E-state index contributed by atoms with van der Waals surface area (Å²) < 4.78 is 54.0. The molecule has 22 nitrogen and oxygen atoms in total. The Hall–Kier alpha value is -3.37. The Morgan fingerprint density at radius 1 is 0.841 bits per heavy atom. The molecule has 4 aromatic heterocycles. The van der Waals surface area contributed by atoms with Crippen LogP contribution in [0.15, 0.2) is 25.3 Å². The van der Waals surface area contributed by atoms with Gasteiger partial charge < -0.3 is 50.6 Å². The van der Waals surface area contributed by atoms with E-state index in [1.54, 1.807) is 0 Å². The number of aliphatic hydroxyl groups excluding tert-OH is 3. The van der Waals surface area contributed by atoms with Crippen LogP contribution < -0.4 is 11.5 Å². The molecule has 2 aliphatic rings. The summed E-state index contributed by atoms with van der Waals surface area (Å²) in [6.07, 6.45) is -9.61. The van der Waals surface area contributed by atoms with Crippen LogP contribution >= 0.6 is 15.6 Å². The van der Waals surface area contributed by atoms with E-state index in [-0.39, 0.29) is 34.0 Å². The maximum Gasteiger partial charge on any atom is 0.534 e. The van der Waals surface area contributed by atoms with Gasteiger partial charge in [0.2, 0.25) is 0 Å². The normalized spacial score (nSPS) is 30.7. The summed E-state index contributed by atoms with van der Waals surface area (Å²) in [4.78, 5) is 43.8. The minimum absolute atomic E-state index is 0.0197. The molecule has 2 fully saturated rings. The molecule has 0 bridgehead atoms. The molecule has 2 saturated heterocycles. The van der Waals surface area contributed by atoms with Crippen LogP contribution in [-0.4, -0.2) is 114 Å². The molecule has 0 aromatic carbocycles. The number of nitrogens with zero attached hydrogens (tertiary/aromatic N) is 8. The zero-order valence-corrected chi connectivity index (χ0v) is 23.9. The highest BCUT2D eigenvalue weighted by molar-refractivity contribution is 7.52. The predicted molar refractivity (Wildman–Crippen MR) is 142 cm³/mol. The number of nitrogen functional groups attached to an aromatic ring is 2. The molecule has 6 rings (SSSR count). The first-order valence-corrected chi connectivity index (χ1v) is 15.7. The largest absolute Gasteiger partial charge is 0.534 e. The number of anilines is 2. The Kier molecular flexibility index (Phi) is 8.26. The Balaban J connectivity index is 1.19. The second kappa shape index (κ2) is 11.9. The second-order valence-corrected chi connectivity index (χ2v) is 12.3. The van der Waals surface area contributed by atoms with Crippen molar-refractivity contribution in [3.63, 3.8) is 0 Å². The van der Waals surface area contributed by atoms with E-state index in [9.17, 15) is 29.3 Å². The van der Waals surface area contributed by atoms with Crippen LogP contribution in [0.25, 0.3) is 22.3 Å². The standard InChI is InChI=1S/C20H24N10O12P2/c21-13-7-15(25-1-23-13)29(3-27-7)17-9(31)10(32)19(40-17)39-6-44(36,37)42-12-11(33)20(38-5-43(34)35)41-18(12)30-4-28-8-14(22)24-2-26-16(8)30/h1-4,9-12,17-20,31-33H,5-6H2,(H5-,21,22,23,24,25,26,34,35,36,37)/p+1/t9-,10+,11+,12-,17+,18+,19-,20-/m0/s1. The van der Waals surface area contributed by atoms with Crippen LogP contribution in [0.5, 0.6) is 0 Å². The van der Waals surface area contributed by atoms with Crippen molar-refractivity contribution in [1.29, 1.82) is 0 Å². The summed E-state index contributed by atoms with van der Waals surface area (Å²) in [5, 5.41) is 32.0. The highest BCUT2D eigenvalue weighted by Crippen LogP contribution is 2.49. The molecule has 0 aliphatic carbocycles. The highest BCUT2D eigenvalue weighted by Gasteiger charge is 2.51. The van der Waals surface area contributed by atoms with E-state index >= 15 is 0 Å². The quantitative estimate of drug-likeness (QED) is 0.0894. The fraction of sp³-hybridized carbons (Fsp3) is 0.500. The van der Waals surface area contributed by atoms with E-state index in [4.69, 9.17) is 39.8 Å². The van der Waals surface area contributed by atoms with E-state index < -0.39 is 77.8 Å². The Labute approximate surface area is 245 Å². The number of nitrogens with two attached hydrogens (primary N) is 2. The van der Waals surface area contributed by atoms with E-state index in [2.05, 4.69) is 29.9 Å². The number of hydrogen-bond donors (Lipinski definition) is 7. The lowest BCUT2D eigenvalue weighted by molar-refractivity contribution is -0.168. The Morgan fingerprint density at radius 3 is 1.98 bits per heavy atom. The summed E-state index contributed by atoms with van der Waals surface area (Å²) in [5.41, 5.74) is 12.3. The van der Waals surface area contributed by atoms with Gasteiger partial charge in [-0.15, -0.1) is 0 Å². The monoisotopic (exact) mass is 659 g/mol. The third-order valence-corrected chi connectivity index (χ3v) is 8.14. The van der Waals surface area contributed by atoms with Crippen LogP contribution in [0.2, 0.25) is 0 Å². The van der Waals surface area contributed by atoms with Gasteiger partial charge in [-0.1, -0.05) is 0 Å². The summed E-state index contributed by atoms with van der Waals surface area (Å²) in [5.74, 6) is 0.0908. The van der Waals surface area contributed by atoms with Crippen LogP contribution in [0.3, 0.4) is 0 Å². The molecule has 2 unspecified atom stereocenters. The van der Waals surface area contributed by atoms with Crippen LogP contribution in [0.1, 0.15) is 12.5 Å². The molecule has 10 atom stereocenters. The van der Waals surface area contributed by atoms with Gasteiger partial charge in [-0.05, 0) is 4.57 Å². The number of aliphatic hydroxyl groups is 3. The summed E-state index contributed by atoms with van der Waals surface area (Å²) in [6, 6.07) is 0. The van der Waals surface area contributed by atoms with Gasteiger partial charge in [-0.25, -0.2) is 29.9 Å². The first-order chi connectivity index (χ1) is 20.9. The zero-order valence-electron chi connectivity index (χ0n) is 22.1. The molecule has 0 amide bonds. The molecule has 9 N–H and O–H groups in total. The maximum absolute atomic E-state index is 13.2. The van der Waals surface area contributed by atoms with Crippen molar-refractivity contribution in [3.8, 4) is 0 Å². The SMILES string of the molecule is Nc1ncnc2c1ncn2[C@@H]1O[C@H](OCP(=O)(O)O[C@H]2[C@@H](O)[C@@H](OC[P+](=O)O)O[C@H]2n2cnc3c(N)ncnc32)[C@H](O)[C@@H]1O.